The molecule has 0 aromatic carbocycles. The summed E-state index contributed by atoms with van der Waals surface area (Å²) in [6.45, 7) is 7.64. The van der Waals surface area contributed by atoms with E-state index < -0.39 is 0 Å². The van der Waals surface area contributed by atoms with Gasteiger partial charge in [0.05, 0.1) is 6.61 Å². The maximum Gasteiger partial charge on any atom is 0.159 e. The van der Waals surface area contributed by atoms with Crippen LogP contribution in [-0.2, 0) is 9.53 Å². The fourth-order valence-electron chi connectivity index (χ4n) is 1.03. The second-order valence-electron chi connectivity index (χ2n) is 3.44. The number of ketones is 1. The lowest BCUT2D eigenvalue weighted by atomic mass is 10.1. The third-order valence-electron chi connectivity index (χ3n) is 1.89. The van der Waals surface area contributed by atoms with Crippen molar-refractivity contribution in [2.75, 3.05) is 6.61 Å². The molecule has 2 N–H and O–H groups in total. The minimum atomic E-state index is -0.0359. The lowest BCUT2D eigenvalue weighted by Crippen LogP contribution is -1.99. The Morgan fingerprint density at radius 2 is 2.07 bits per heavy atom. The number of carbonyl (C=O) groups excluding carboxylic acids is 1. The molecule has 1 unspecified atom stereocenters. The first kappa shape index (κ1) is 10.7. The second-order valence-corrected chi connectivity index (χ2v) is 3.44. The lowest BCUT2D eigenvalue weighted by Gasteiger charge is -1.99. The molecule has 0 bridgehead atoms. The van der Waals surface area contributed by atoms with Gasteiger partial charge in [0.25, 0.3) is 0 Å². The third-order valence-corrected chi connectivity index (χ3v) is 1.89. The van der Waals surface area contributed by atoms with Crippen LogP contribution in [0.4, 0.5) is 0 Å². The van der Waals surface area contributed by atoms with Crippen molar-refractivity contribution < 1.29 is 9.53 Å². The molecule has 0 radical (unpaired) electrons. The summed E-state index contributed by atoms with van der Waals surface area (Å²) in [5.74, 6) is -0.0359. The summed E-state index contributed by atoms with van der Waals surface area (Å²) in [5, 5.41) is 0. The minimum absolute atomic E-state index is 0.0359. The van der Waals surface area contributed by atoms with Gasteiger partial charge in [-0.15, -0.1) is 0 Å². The van der Waals surface area contributed by atoms with Gasteiger partial charge in [-0.1, -0.05) is 6.58 Å². The van der Waals surface area contributed by atoms with Gasteiger partial charge in [-0.2, -0.15) is 0 Å². The molecule has 14 heavy (non-hydrogen) atoms. The van der Waals surface area contributed by atoms with Crippen LogP contribution in [0, 0.1) is 0 Å². The quantitative estimate of drug-likeness (QED) is 0.416. The summed E-state index contributed by atoms with van der Waals surface area (Å²) in [7, 11) is 0. The van der Waals surface area contributed by atoms with E-state index in [2.05, 4.69) is 6.58 Å². The smallest absolute Gasteiger partial charge is 0.159 e. The van der Waals surface area contributed by atoms with E-state index in [9.17, 15) is 4.79 Å². The van der Waals surface area contributed by atoms with Gasteiger partial charge >= 0.3 is 0 Å². The van der Waals surface area contributed by atoms with E-state index in [-0.39, 0.29) is 11.9 Å². The molecule has 0 amide bonds. The topological polar surface area (TPSA) is 55.6 Å². The van der Waals surface area contributed by atoms with Gasteiger partial charge in [0.2, 0.25) is 0 Å². The van der Waals surface area contributed by atoms with Crippen LogP contribution >= 0.6 is 0 Å². The second kappa shape index (κ2) is 4.24. The SMILES string of the molecule is C=C(/C=C(\C=C(\C)N)C1CO1)C(C)=O. The van der Waals surface area contributed by atoms with Crippen molar-refractivity contribution in [1.29, 1.82) is 0 Å². The van der Waals surface area contributed by atoms with E-state index >= 15 is 0 Å². The van der Waals surface area contributed by atoms with Crippen LogP contribution in [0.15, 0.2) is 35.6 Å². The number of hydrogen-bond acceptors (Lipinski definition) is 3. The van der Waals surface area contributed by atoms with Crippen LogP contribution in [0.25, 0.3) is 0 Å². The van der Waals surface area contributed by atoms with Crippen LogP contribution in [0.3, 0.4) is 0 Å². The zero-order valence-corrected chi connectivity index (χ0v) is 8.54. The number of rotatable bonds is 4. The fraction of sp³-hybridized carbons (Fsp3) is 0.364. The Morgan fingerprint density at radius 3 is 2.43 bits per heavy atom. The molecule has 0 aromatic heterocycles. The van der Waals surface area contributed by atoms with Crippen LogP contribution in [0.2, 0.25) is 0 Å². The van der Waals surface area contributed by atoms with E-state index in [4.69, 9.17) is 10.5 Å². The van der Waals surface area contributed by atoms with Gasteiger partial charge in [0.15, 0.2) is 5.78 Å². The normalized spacial score (nSPS) is 22.0. The summed E-state index contributed by atoms with van der Waals surface area (Å²) in [6.07, 6.45) is 3.63. The standard InChI is InChI=1S/C11H15NO2/c1-7(9(3)13)4-10(5-8(2)12)11-6-14-11/h4-5,11H,1,6,12H2,2-3H3/b8-5-,10-4+. The van der Waals surface area contributed by atoms with Crippen molar-refractivity contribution in [1.82, 2.24) is 0 Å². The van der Waals surface area contributed by atoms with E-state index in [1.807, 2.05) is 6.08 Å². The van der Waals surface area contributed by atoms with Crippen molar-refractivity contribution in [3.63, 3.8) is 0 Å². The Bertz CT molecular complexity index is 318. The molecule has 0 saturated carbocycles. The summed E-state index contributed by atoms with van der Waals surface area (Å²) >= 11 is 0. The number of epoxide rings is 1. The first-order chi connectivity index (χ1) is 6.50. The van der Waals surface area contributed by atoms with Crippen LogP contribution in [0.1, 0.15) is 13.8 Å². The summed E-state index contributed by atoms with van der Waals surface area (Å²) < 4.78 is 5.13. The van der Waals surface area contributed by atoms with Crippen LogP contribution < -0.4 is 5.73 Å². The summed E-state index contributed by atoms with van der Waals surface area (Å²) in [4.78, 5) is 11.0. The molecule has 1 fully saturated rings. The highest BCUT2D eigenvalue weighted by Gasteiger charge is 2.26. The van der Waals surface area contributed by atoms with Gasteiger partial charge in [-0.05, 0) is 31.6 Å². The molecule has 1 aliphatic heterocycles. The third kappa shape index (κ3) is 3.18. The van der Waals surface area contributed by atoms with Gasteiger partial charge < -0.3 is 10.5 Å². The van der Waals surface area contributed by atoms with Crippen molar-refractivity contribution in [3.05, 3.63) is 35.6 Å². The molecule has 1 atom stereocenters. The Labute approximate surface area is 83.9 Å². The predicted octanol–water partition coefficient (Wildman–Crippen LogP) is 1.32. The molecular weight excluding hydrogens is 178 g/mol. The number of ether oxygens (including phenoxy) is 1. The van der Waals surface area contributed by atoms with Crippen LogP contribution in [-0.4, -0.2) is 18.5 Å². The Balaban J connectivity index is 2.81. The minimum Gasteiger partial charge on any atom is -0.402 e. The zero-order chi connectivity index (χ0) is 10.7. The Hall–Kier alpha value is -1.35. The molecule has 76 valence electrons. The molecule has 3 nitrogen and oxygen atoms in total. The average molecular weight is 193 g/mol. The average Bonchev–Trinajstić information content (AvgIpc) is 2.83. The van der Waals surface area contributed by atoms with Gasteiger partial charge in [-0.3, -0.25) is 4.79 Å². The fourth-order valence-corrected chi connectivity index (χ4v) is 1.03. The highest BCUT2D eigenvalue weighted by molar-refractivity contribution is 5.95. The summed E-state index contributed by atoms with van der Waals surface area (Å²) in [5.41, 5.74) is 7.66. The van der Waals surface area contributed by atoms with Crippen molar-refractivity contribution >= 4 is 5.78 Å². The van der Waals surface area contributed by atoms with E-state index in [1.165, 1.54) is 6.92 Å². The number of hydrogen-bond donors (Lipinski definition) is 1. The summed E-state index contributed by atoms with van der Waals surface area (Å²) in [6, 6.07) is 0. The predicted molar refractivity (Wildman–Crippen MR) is 55.6 cm³/mol. The molecule has 3 heteroatoms. The van der Waals surface area contributed by atoms with Gasteiger partial charge in [0, 0.05) is 11.3 Å². The molecule has 1 saturated heterocycles. The Kier molecular flexibility index (Phi) is 3.25. The van der Waals surface area contributed by atoms with Crippen LogP contribution in [0.5, 0.6) is 0 Å². The van der Waals surface area contributed by atoms with Crippen molar-refractivity contribution in [3.8, 4) is 0 Å². The first-order valence-corrected chi connectivity index (χ1v) is 4.47. The lowest BCUT2D eigenvalue weighted by molar-refractivity contribution is -0.113. The monoisotopic (exact) mass is 193 g/mol. The number of Topliss-reactive ketones (excluding diaryl/α,β-unsaturated/α-hetero) is 1. The number of allylic oxidation sites excluding steroid dienone is 3. The first-order valence-electron chi connectivity index (χ1n) is 4.47. The van der Waals surface area contributed by atoms with E-state index in [1.54, 1.807) is 13.0 Å². The molecule has 0 aliphatic carbocycles. The maximum atomic E-state index is 11.0. The van der Waals surface area contributed by atoms with Gasteiger partial charge in [-0.25, -0.2) is 0 Å². The molecule has 1 heterocycles. The molecular formula is C11H15NO2. The van der Waals surface area contributed by atoms with E-state index in [0.717, 1.165) is 5.57 Å². The van der Waals surface area contributed by atoms with Gasteiger partial charge in [0.1, 0.15) is 6.10 Å². The largest absolute Gasteiger partial charge is 0.402 e. The highest BCUT2D eigenvalue weighted by Crippen LogP contribution is 2.22. The van der Waals surface area contributed by atoms with Crippen molar-refractivity contribution in [2.45, 2.75) is 20.0 Å². The molecule has 1 aliphatic rings. The molecule has 0 aromatic rings. The zero-order valence-electron chi connectivity index (χ0n) is 8.54. The number of carbonyl (C=O) groups is 1. The molecule has 0 spiro atoms. The Morgan fingerprint density at radius 1 is 1.50 bits per heavy atom. The van der Waals surface area contributed by atoms with Crippen molar-refractivity contribution in [2.24, 2.45) is 5.73 Å². The number of nitrogens with two attached hydrogens (primary N) is 1. The van der Waals surface area contributed by atoms with E-state index in [0.29, 0.717) is 17.9 Å². The highest BCUT2D eigenvalue weighted by atomic mass is 16.6. The maximum absolute atomic E-state index is 11.0. The molecule has 1 rings (SSSR count).